The van der Waals surface area contributed by atoms with Crippen LogP contribution in [0.1, 0.15) is 11.1 Å². The first kappa shape index (κ1) is 14.7. The van der Waals surface area contributed by atoms with E-state index in [2.05, 4.69) is 0 Å². The van der Waals surface area contributed by atoms with Crippen molar-refractivity contribution in [2.45, 2.75) is 18.2 Å². The fraction of sp³-hybridized carbons (Fsp3) is 0.200. The van der Waals surface area contributed by atoms with Crippen molar-refractivity contribution >= 4 is 9.84 Å². The number of rotatable bonds is 4. The number of hydrogen-bond donors (Lipinski definition) is 0. The van der Waals surface area contributed by atoms with Crippen LogP contribution in [0.2, 0.25) is 0 Å². The Kier molecular flexibility index (Phi) is 4.18. The minimum Gasteiger partial charge on any atom is -0.224 e. The van der Waals surface area contributed by atoms with Gasteiger partial charge < -0.3 is 0 Å². The van der Waals surface area contributed by atoms with Gasteiger partial charge in [-0.2, -0.15) is 0 Å². The highest BCUT2D eigenvalue weighted by molar-refractivity contribution is 7.91. The maximum absolute atomic E-state index is 13.4. The van der Waals surface area contributed by atoms with Crippen molar-refractivity contribution in [3.63, 3.8) is 0 Å². The molecule has 0 amide bonds. The second-order valence-corrected chi connectivity index (χ2v) is 6.69. The van der Waals surface area contributed by atoms with Crippen molar-refractivity contribution in [3.8, 4) is 0 Å². The zero-order chi connectivity index (χ0) is 14.8. The Bertz CT molecular complexity index is 687. The van der Waals surface area contributed by atoms with E-state index >= 15 is 0 Å². The van der Waals surface area contributed by atoms with Crippen LogP contribution < -0.4 is 0 Å². The minimum atomic E-state index is -3.54. The van der Waals surface area contributed by atoms with E-state index in [9.17, 15) is 17.2 Å². The number of sulfone groups is 1. The molecular weight excluding hydrogens is 282 g/mol. The largest absolute Gasteiger partial charge is 0.224 e. The zero-order valence-corrected chi connectivity index (χ0v) is 11.8. The second-order valence-electron chi connectivity index (χ2n) is 4.58. The molecule has 0 radical (unpaired) electrons. The molecule has 0 heterocycles. The molecule has 2 rings (SSSR count). The van der Waals surface area contributed by atoms with E-state index in [1.165, 1.54) is 18.2 Å². The van der Waals surface area contributed by atoms with Gasteiger partial charge in [-0.25, -0.2) is 17.2 Å². The summed E-state index contributed by atoms with van der Waals surface area (Å²) in [5, 5.41) is 0. The van der Waals surface area contributed by atoms with E-state index < -0.39 is 21.5 Å². The van der Waals surface area contributed by atoms with Gasteiger partial charge in [-0.05, 0) is 37.6 Å². The smallest absolute Gasteiger partial charge is 0.178 e. The highest BCUT2D eigenvalue weighted by Gasteiger charge is 2.17. The van der Waals surface area contributed by atoms with Crippen LogP contribution in [0.4, 0.5) is 8.78 Å². The Morgan fingerprint density at radius 2 is 1.50 bits per heavy atom. The molecule has 0 bridgehead atoms. The molecule has 0 atom stereocenters. The molecule has 0 aromatic heterocycles. The summed E-state index contributed by atoms with van der Waals surface area (Å²) in [5.74, 6) is -1.76. The fourth-order valence-electron chi connectivity index (χ4n) is 1.87. The molecule has 0 N–H and O–H groups in total. The molecule has 2 nitrogen and oxygen atoms in total. The highest BCUT2D eigenvalue weighted by atomic mass is 32.2. The summed E-state index contributed by atoms with van der Waals surface area (Å²) in [7, 11) is -3.54. The molecule has 0 unspecified atom stereocenters. The maximum atomic E-state index is 13.4. The van der Waals surface area contributed by atoms with Gasteiger partial charge in [-0.15, -0.1) is 0 Å². The van der Waals surface area contributed by atoms with Gasteiger partial charge in [0.05, 0.1) is 10.6 Å². The lowest BCUT2D eigenvalue weighted by Gasteiger charge is -2.07. The highest BCUT2D eigenvalue weighted by Crippen LogP contribution is 2.17. The topological polar surface area (TPSA) is 34.1 Å². The third-order valence-electron chi connectivity index (χ3n) is 3.06. The van der Waals surface area contributed by atoms with Crippen molar-refractivity contribution in [1.82, 2.24) is 0 Å². The molecule has 20 heavy (non-hydrogen) atoms. The lowest BCUT2D eigenvalue weighted by Crippen LogP contribution is -2.11. The van der Waals surface area contributed by atoms with Crippen molar-refractivity contribution in [1.29, 1.82) is 0 Å². The predicted molar refractivity (Wildman–Crippen MR) is 73.3 cm³/mol. The minimum absolute atomic E-state index is 0.167. The summed E-state index contributed by atoms with van der Waals surface area (Å²) < 4.78 is 51.1. The molecule has 2 aromatic carbocycles. The molecule has 0 aliphatic heterocycles. The standard InChI is InChI=1S/C15H14F2O2S/c1-11-5-7-12(8-6-11)20(18,19)10-9-13-14(16)3-2-4-15(13)17/h2-8H,9-10H2,1H3. The molecule has 0 aliphatic rings. The van der Waals surface area contributed by atoms with Gasteiger partial charge in [0.2, 0.25) is 0 Å². The van der Waals surface area contributed by atoms with Crippen LogP contribution in [-0.2, 0) is 16.3 Å². The summed E-state index contributed by atoms with van der Waals surface area (Å²) in [6.07, 6.45) is -0.186. The average Bonchev–Trinajstić information content (AvgIpc) is 2.38. The molecule has 0 saturated heterocycles. The lowest BCUT2D eigenvalue weighted by atomic mass is 10.1. The van der Waals surface area contributed by atoms with Crippen LogP contribution >= 0.6 is 0 Å². The molecule has 0 fully saturated rings. The van der Waals surface area contributed by atoms with E-state index in [0.29, 0.717) is 0 Å². The zero-order valence-electron chi connectivity index (χ0n) is 10.9. The maximum Gasteiger partial charge on any atom is 0.178 e. The first-order chi connectivity index (χ1) is 9.40. The molecular formula is C15H14F2O2S. The van der Waals surface area contributed by atoms with E-state index in [4.69, 9.17) is 0 Å². The van der Waals surface area contributed by atoms with Gasteiger partial charge in [-0.1, -0.05) is 23.8 Å². The molecule has 5 heteroatoms. The van der Waals surface area contributed by atoms with Crippen molar-refractivity contribution < 1.29 is 17.2 Å². The number of hydrogen-bond acceptors (Lipinski definition) is 2. The lowest BCUT2D eigenvalue weighted by molar-refractivity contribution is 0.556. The number of halogens is 2. The van der Waals surface area contributed by atoms with Crippen LogP contribution in [0.15, 0.2) is 47.4 Å². The van der Waals surface area contributed by atoms with Gasteiger partial charge in [-0.3, -0.25) is 0 Å². The SMILES string of the molecule is Cc1ccc(S(=O)(=O)CCc2c(F)cccc2F)cc1. The van der Waals surface area contributed by atoms with Gasteiger partial charge >= 0.3 is 0 Å². The first-order valence-corrected chi connectivity index (χ1v) is 7.78. The summed E-state index contributed by atoms with van der Waals surface area (Å²) in [5.41, 5.74) is 0.757. The van der Waals surface area contributed by atoms with Crippen LogP contribution in [-0.4, -0.2) is 14.2 Å². The van der Waals surface area contributed by atoms with Crippen molar-refractivity contribution in [2.24, 2.45) is 0 Å². The van der Waals surface area contributed by atoms with Crippen molar-refractivity contribution in [2.75, 3.05) is 5.75 Å². The average molecular weight is 296 g/mol. The third kappa shape index (κ3) is 3.22. The molecule has 2 aromatic rings. The van der Waals surface area contributed by atoms with Crippen LogP contribution in [0.5, 0.6) is 0 Å². The Morgan fingerprint density at radius 1 is 0.950 bits per heavy atom. The van der Waals surface area contributed by atoms with Crippen LogP contribution in [0.3, 0.4) is 0 Å². The van der Waals surface area contributed by atoms with Crippen LogP contribution in [0, 0.1) is 18.6 Å². The summed E-state index contributed by atoms with van der Waals surface area (Å²) >= 11 is 0. The fourth-order valence-corrected chi connectivity index (χ4v) is 3.13. The van der Waals surface area contributed by atoms with E-state index in [1.807, 2.05) is 6.92 Å². The van der Waals surface area contributed by atoms with Crippen molar-refractivity contribution in [3.05, 3.63) is 65.2 Å². The Hall–Kier alpha value is -1.75. The molecule has 0 aliphatic carbocycles. The van der Waals surface area contributed by atoms with Gasteiger partial charge in [0.15, 0.2) is 9.84 Å². The van der Waals surface area contributed by atoms with Gasteiger partial charge in [0.25, 0.3) is 0 Å². The quantitative estimate of drug-likeness (QED) is 0.867. The van der Waals surface area contributed by atoms with E-state index in [1.54, 1.807) is 12.1 Å². The third-order valence-corrected chi connectivity index (χ3v) is 4.79. The van der Waals surface area contributed by atoms with Gasteiger partial charge in [0, 0.05) is 5.56 Å². The number of aryl methyl sites for hydroxylation is 1. The van der Waals surface area contributed by atoms with Crippen LogP contribution in [0.25, 0.3) is 0 Å². The van der Waals surface area contributed by atoms with E-state index in [-0.39, 0.29) is 22.6 Å². The first-order valence-electron chi connectivity index (χ1n) is 6.12. The normalized spacial score (nSPS) is 11.6. The molecule has 0 saturated carbocycles. The molecule has 106 valence electrons. The Labute approximate surface area is 117 Å². The predicted octanol–water partition coefficient (Wildman–Crippen LogP) is 3.29. The number of benzene rings is 2. The monoisotopic (exact) mass is 296 g/mol. The summed E-state index contributed by atoms with van der Waals surface area (Å²) in [6, 6.07) is 9.88. The van der Waals surface area contributed by atoms with Gasteiger partial charge in [0.1, 0.15) is 11.6 Å². The molecule has 0 spiro atoms. The summed E-state index contributed by atoms with van der Waals surface area (Å²) in [4.78, 5) is 0.167. The van der Waals surface area contributed by atoms with E-state index in [0.717, 1.165) is 17.7 Å². The summed E-state index contributed by atoms with van der Waals surface area (Å²) in [6.45, 7) is 1.85. The Balaban J connectivity index is 2.20. The second kappa shape index (κ2) is 5.71. The Morgan fingerprint density at radius 3 is 2.05 bits per heavy atom.